The highest BCUT2D eigenvalue weighted by atomic mass is 16.3. The molecule has 4 N–H and O–H groups in total. The first kappa shape index (κ1) is 15.9. The van der Waals surface area contributed by atoms with E-state index in [9.17, 15) is 0 Å². The summed E-state index contributed by atoms with van der Waals surface area (Å²) in [4.78, 5) is 8.93. The highest BCUT2D eigenvalue weighted by molar-refractivity contribution is 5.90. The number of nitrogens with one attached hydrogen (secondary N) is 2. The summed E-state index contributed by atoms with van der Waals surface area (Å²) in [5.41, 5.74) is 0.847. The van der Waals surface area contributed by atoms with Crippen LogP contribution < -0.4 is 10.6 Å². The van der Waals surface area contributed by atoms with Gasteiger partial charge in [0.15, 0.2) is 0 Å². The third-order valence-corrected chi connectivity index (χ3v) is 2.91. The minimum absolute atomic E-state index is 0.0181. The van der Waals surface area contributed by atoms with Gasteiger partial charge in [-0.05, 0) is 12.1 Å². The summed E-state index contributed by atoms with van der Waals surface area (Å²) in [7, 11) is 0. The van der Waals surface area contributed by atoms with Gasteiger partial charge in [-0.2, -0.15) is 4.98 Å². The zero-order chi connectivity index (χ0) is 15.6. The molecule has 0 spiro atoms. The molecule has 0 aliphatic rings. The maximum Gasteiger partial charge on any atom is 0.225 e. The quantitative estimate of drug-likeness (QED) is 0.553. The van der Waals surface area contributed by atoms with E-state index in [1.807, 2.05) is 36.4 Å². The van der Waals surface area contributed by atoms with Crippen molar-refractivity contribution < 1.29 is 10.2 Å². The van der Waals surface area contributed by atoms with Crippen LogP contribution in [0.15, 0.2) is 48.6 Å². The molecular formula is C16H20N4O2. The fraction of sp³-hybridized carbons (Fsp3) is 0.250. The van der Waals surface area contributed by atoms with Crippen molar-refractivity contribution in [2.45, 2.75) is 0 Å². The molecule has 2 rings (SSSR count). The molecule has 2 aromatic rings. The first-order valence-corrected chi connectivity index (χ1v) is 7.11. The number of aromatic nitrogens is 2. The highest BCUT2D eigenvalue weighted by Gasteiger charge is 2.05. The number of fused-ring (bicyclic) bond motifs is 1. The van der Waals surface area contributed by atoms with Gasteiger partial charge in [-0.15, -0.1) is 0 Å². The first-order chi connectivity index (χ1) is 10.8. The van der Waals surface area contributed by atoms with E-state index >= 15 is 0 Å². The standard InChI is InChI=1S/C16H20N4O2/c21-11-5-3-9-17-15-13-7-1-2-8-14(13)19-16(20-15)18-10-4-6-12-22/h1-8,21-22H,9-12H2,(H2,17,18,19,20)/b5-3+,6-4+. The van der Waals surface area contributed by atoms with Crippen molar-refractivity contribution in [3.8, 4) is 0 Å². The van der Waals surface area contributed by atoms with Gasteiger partial charge >= 0.3 is 0 Å². The van der Waals surface area contributed by atoms with Crippen LogP contribution in [0.4, 0.5) is 11.8 Å². The summed E-state index contributed by atoms with van der Waals surface area (Å²) in [6.07, 6.45) is 6.99. The van der Waals surface area contributed by atoms with Gasteiger partial charge in [-0.1, -0.05) is 36.4 Å². The molecule has 0 atom stereocenters. The molecule has 6 nitrogen and oxygen atoms in total. The second kappa shape index (κ2) is 8.76. The molecular weight excluding hydrogens is 280 g/mol. The average molecular weight is 300 g/mol. The average Bonchev–Trinajstić information content (AvgIpc) is 2.55. The van der Waals surface area contributed by atoms with Gasteiger partial charge in [0.1, 0.15) is 5.82 Å². The van der Waals surface area contributed by atoms with Gasteiger partial charge in [-0.3, -0.25) is 0 Å². The van der Waals surface area contributed by atoms with Gasteiger partial charge < -0.3 is 20.8 Å². The molecule has 0 radical (unpaired) electrons. The minimum Gasteiger partial charge on any atom is -0.392 e. The molecule has 0 saturated heterocycles. The van der Waals surface area contributed by atoms with Crippen LogP contribution in [0.2, 0.25) is 0 Å². The lowest BCUT2D eigenvalue weighted by molar-refractivity contribution is 0.342. The first-order valence-electron chi connectivity index (χ1n) is 7.11. The number of hydrogen-bond acceptors (Lipinski definition) is 6. The maximum atomic E-state index is 8.75. The Morgan fingerprint density at radius 1 is 0.864 bits per heavy atom. The minimum atomic E-state index is 0.0181. The lowest BCUT2D eigenvalue weighted by Crippen LogP contribution is -2.08. The smallest absolute Gasteiger partial charge is 0.225 e. The predicted molar refractivity (Wildman–Crippen MR) is 89.0 cm³/mol. The summed E-state index contributed by atoms with van der Waals surface area (Å²) >= 11 is 0. The zero-order valence-corrected chi connectivity index (χ0v) is 12.2. The molecule has 0 fully saturated rings. The van der Waals surface area contributed by atoms with E-state index in [0.29, 0.717) is 19.0 Å². The Bertz CT molecular complexity index is 656. The molecule has 22 heavy (non-hydrogen) atoms. The normalized spacial score (nSPS) is 11.5. The molecule has 0 bridgehead atoms. The zero-order valence-electron chi connectivity index (χ0n) is 12.2. The maximum absolute atomic E-state index is 8.75. The van der Waals surface area contributed by atoms with Gasteiger partial charge in [0.05, 0.1) is 18.7 Å². The predicted octanol–water partition coefficient (Wildman–Crippen LogP) is 1.55. The number of nitrogens with zero attached hydrogens (tertiary/aromatic N) is 2. The molecule has 0 unspecified atom stereocenters. The SMILES string of the molecule is OC/C=C/CNc1nc(NC/C=C/CO)c2ccccc2n1. The van der Waals surface area contributed by atoms with E-state index < -0.39 is 0 Å². The summed E-state index contributed by atoms with van der Waals surface area (Å²) < 4.78 is 0. The van der Waals surface area contributed by atoms with Crippen LogP contribution in [-0.2, 0) is 0 Å². The van der Waals surface area contributed by atoms with Crippen molar-refractivity contribution in [2.75, 3.05) is 36.9 Å². The number of para-hydroxylation sites is 1. The number of hydrogen-bond donors (Lipinski definition) is 4. The van der Waals surface area contributed by atoms with Gasteiger partial charge in [-0.25, -0.2) is 4.98 Å². The van der Waals surface area contributed by atoms with Crippen LogP contribution in [0.25, 0.3) is 10.9 Å². The van der Waals surface area contributed by atoms with Crippen LogP contribution in [0.1, 0.15) is 0 Å². The lowest BCUT2D eigenvalue weighted by atomic mass is 10.2. The topological polar surface area (TPSA) is 90.3 Å². The van der Waals surface area contributed by atoms with Gasteiger partial charge in [0, 0.05) is 18.5 Å². The molecule has 0 saturated carbocycles. The van der Waals surface area contributed by atoms with Gasteiger partial charge in [0.2, 0.25) is 5.95 Å². The molecule has 0 aliphatic carbocycles. The number of rotatable bonds is 8. The van der Waals surface area contributed by atoms with Crippen LogP contribution in [0.3, 0.4) is 0 Å². The van der Waals surface area contributed by atoms with Crippen molar-refractivity contribution in [1.82, 2.24) is 9.97 Å². The van der Waals surface area contributed by atoms with Crippen LogP contribution in [-0.4, -0.2) is 46.5 Å². The molecule has 1 heterocycles. The third-order valence-electron chi connectivity index (χ3n) is 2.91. The molecule has 1 aromatic heterocycles. The van der Waals surface area contributed by atoms with E-state index in [2.05, 4.69) is 20.6 Å². The monoisotopic (exact) mass is 300 g/mol. The van der Waals surface area contributed by atoms with E-state index in [4.69, 9.17) is 10.2 Å². The van der Waals surface area contributed by atoms with E-state index in [1.165, 1.54) is 0 Å². The lowest BCUT2D eigenvalue weighted by Gasteiger charge is -2.10. The van der Waals surface area contributed by atoms with Crippen molar-refractivity contribution >= 4 is 22.7 Å². The summed E-state index contributed by atoms with van der Waals surface area (Å²) in [5.74, 6) is 1.26. The van der Waals surface area contributed by atoms with Crippen LogP contribution in [0, 0.1) is 0 Å². The van der Waals surface area contributed by atoms with Crippen LogP contribution >= 0.6 is 0 Å². The number of aliphatic hydroxyl groups is 2. The summed E-state index contributed by atoms with van der Waals surface area (Å²) in [6.45, 7) is 1.16. The fourth-order valence-electron chi connectivity index (χ4n) is 1.91. The molecule has 116 valence electrons. The molecule has 6 heteroatoms. The Kier molecular flexibility index (Phi) is 6.35. The van der Waals surface area contributed by atoms with Crippen molar-refractivity contribution in [2.24, 2.45) is 0 Å². The second-order valence-corrected chi connectivity index (χ2v) is 4.48. The van der Waals surface area contributed by atoms with Crippen molar-refractivity contribution in [3.63, 3.8) is 0 Å². The van der Waals surface area contributed by atoms with E-state index in [0.717, 1.165) is 16.7 Å². The Hall–Kier alpha value is -2.44. The number of anilines is 2. The Morgan fingerprint density at radius 3 is 2.27 bits per heavy atom. The van der Waals surface area contributed by atoms with E-state index in [1.54, 1.807) is 12.2 Å². The van der Waals surface area contributed by atoms with Crippen molar-refractivity contribution in [3.05, 3.63) is 48.6 Å². The third kappa shape index (κ3) is 4.54. The Labute approximate surface area is 129 Å². The largest absolute Gasteiger partial charge is 0.392 e. The van der Waals surface area contributed by atoms with E-state index in [-0.39, 0.29) is 13.2 Å². The summed E-state index contributed by atoms with van der Waals surface area (Å²) in [6, 6.07) is 7.76. The number of aliphatic hydroxyl groups excluding tert-OH is 2. The Morgan fingerprint density at radius 2 is 1.55 bits per heavy atom. The highest BCUT2D eigenvalue weighted by Crippen LogP contribution is 2.21. The summed E-state index contributed by atoms with van der Waals surface area (Å²) in [5, 5.41) is 24.7. The Balaban J connectivity index is 2.19. The van der Waals surface area contributed by atoms with Crippen molar-refractivity contribution in [1.29, 1.82) is 0 Å². The number of benzene rings is 1. The molecule has 0 aliphatic heterocycles. The second-order valence-electron chi connectivity index (χ2n) is 4.48. The molecule has 1 aromatic carbocycles. The molecule has 0 amide bonds. The van der Waals surface area contributed by atoms with Crippen LogP contribution in [0.5, 0.6) is 0 Å². The fourth-order valence-corrected chi connectivity index (χ4v) is 1.91. The van der Waals surface area contributed by atoms with Gasteiger partial charge in [0.25, 0.3) is 0 Å².